The molecule has 17 heavy (non-hydrogen) atoms. The molecule has 0 heterocycles. The van der Waals surface area contributed by atoms with Crippen LogP contribution in [-0.4, -0.2) is 33.4 Å². The molecule has 0 aliphatic heterocycles. The Bertz CT molecular complexity index is 319. The van der Waals surface area contributed by atoms with E-state index in [0.717, 1.165) is 37.4 Å². The number of hydrogen-bond donors (Lipinski definition) is 2. The van der Waals surface area contributed by atoms with E-state index in [1.807, 2.05) is 0 Å². The van der Waals surface area contributed by atoms with Crippen molar-refractivity contribution in [3.05, 3.63) is 0 Å². The number of carboxylic acids is 1. The summed E-state index contributed by atoms with van der Waals surface area (Å²) in [6.07, 6.45) is 3.32. The molecule has 1 saturated carbocycles. The molecular formula is C11H17NO4S. The quantitative estimate of drug-likeness (QED) is 0.740. The fraction of sp³-hybridized carbons (Fsp3) is 0.727. The molecule has 0 saturated heterocycles. The summed E-state index contributed by atoms with van der Waals surface area (Å²) < 4.78 is 0. The van der Waals surface area contributed by atoms with Gasteiger partial charge in [-0.1, -0.05) is 24.6 Å². The van der Waals surface area contributed by atoms with Crippen LogP contribution in [0.2, 0.25) is 0 Å². The summed E-state index contributed by atoms with van der Waals surface area (Å²) in [6, 6.07) is -0.0102. The van der Waals surface area contributed by atoms with Gasteiger partial charge in [-0.3, -0.25) is 14.4 Å². The Hall–Kier alpha value is -1.04. The Labute approximate surface area is 104 Å². The van der Waals surface area contributed by atoms with Crippen molar-refractivity contribution in [2.45, 2.75) is 50.3 Å². The van der Waals surface area contributed by atoms with Crippen molar-refractivity contribution < 1.29 is 19.5 Å². The normalized spacial score (nSPS) is 24.1. The van der Waals surface area contributed by atoms with Gasteiger partial charge in [-0.2, -0.15) is 0 Å². The zero-order valence-electron chi connectivity index (χ0n) is 9.77. The molecule has 2 atom stereocenters. The van der Waals surface area contributed by atoms with Gasteiger partial charge in [-0.15, -0.1) is 0 Å². The first-order valence-corrected chi connectivity index (χ1v) is 6.55. The number of nitrogens with one attached hydrogen (secondary N) is 1. The summed E-state index contributed by atoms with van der Waals surface area (Å²) in [5.41, 5.74) is 0. The summed E-state index contributed by atoms with van der Waals surface area (Å²) >= 11 is 1.06. The smallest absolute Gasteiger partial charge is 0.311 e. The third-order valence-corrected chi connectivity index (χ3v) is 3.94. The van der Waals surface area contributed by atoms with Crippen LogP contribution in [-0.2, 0) is 14.4 Å². The molecule has 1 amide bonds. The zero-order chi connectivity index (χ0) is 12.8. The van der Waals surface area contributed by atoms with Gasteiger partial charge in [0.25, 0.3) is 0 Å². The van der Waals surface area contributed by atoms with Gasteiger partial charge >= 0.3 is 5.97 Å². The Balaban J connectivity index is 2.50. The van der Waals surface area contributed by atoms with Crippen molar-refractivity contribution >= 4 is 28.8 Å². The second kappa shape index (κ2) is 6.64. The second-order valence-electron chi connectivity index (χ2n) is 4.19. The topological polar surface area (TPSA) is 83.5 Å². The van der Waals surface area contributed by atoms with Crippen LogP contribution < -0.4 is 5.32 Å². The van der Waals surface area contributed by atoms with Crippen LogP contribution in [0.1, 0.15) is 39.0 Å². The molecule has 0 spiro atoms. The van der Waals surface area contributed by atoms with Crippen molar-refractivity contribution in [1.82, 2.24) is 5.32 Å². The minimum atomic E-state index is -1.10. The van der Waals surface area contributed by atoms with Gasteiger partial charge in [0.15, 0.2) is 5.12 Å². The van der Waals surface area contributed by atoms with E-state index >= 15 is 0 Å². The Morgan fingerprint density at radius 1 is 1.29 bits per heavy atom. The molecule has 0 aromatic rings. The van der Waals surface area contributed by atoms with Crippen molar-refractivity contribution in [2.24, 2.45) is 0 Å². The molecule has 1 aliphatic rings. The summed E-state index contributed by atoms with van der Waals surface area (Å²) in [7, 11) is 0. The van der Waals surface area contributed by atoms with E-state index in [9.17, 15) is 14.4 Å². The van der Waals surface area contributed by atoms with Crippen LogP contribution in [0.5, 0.6) is 0 Å². The maximum Gasteiger partial charge on any atom is 0.311 e. The van der Waals surface area contributed by atoms with Gasteiger partial charge in [-0.25, -0.2) is 0 Å². The molecule has 2 unspecified atom stereocenters. The highest BCUT2D eigenvalue weighted by Gasteiger charge is 2.28. The van der Waals surface area contributed by atoms with Gasteiger partial charge in [0.1, 0.15) is 6.42 Å². The van der Waals surface area contributed by atoms with Gasteiger partial charge < -0.3 is 10.4 Å². The maximum absolute atomic E-state index is 11.4. The van der Waals surface area contributed by atoms with Crippen LogP contribution in [0.4, 0.5) is 0 Å². The van der Waals surface area contributed by atoms with E-state index in [-0.39, 0.29) is 22.3 Å². The molecule has 1 rings (SSSR count). The molecule has 0 aromatic carbocycles. The average Bonchev–Trinajstić information content (AvgIpc) is 2.18. The van der Waals surface area contributed by atoms with Crippen LogP contribution >= 0.6 is 11.8 Å². The summed E-state index contributed by atoms with van der Waals surface area (Å²) in [4.78, 5) is 32.9. The largest absolute Gasteiger partial charge is 0.481 e. The molecule has 6 heteroatoms. The number of carboxylic acid groups (broad SMARTS) is 1. The van der Waals surface area contributed by atoms with E-state index in [1.54, 1.807) is 0 Å². The lowest BCUT2D eigenvalue weighted by Gasteiger charge is -2.30. The molecule has 0 radical (unpaired) electrons. The number of aliphatic carboxylic acids is 1. The van der Waals surface area contributed by atoms with Crippen molar-refractivity contribution in [2.75, 3.05) is 0 Å². The fourth-order valence-corrected chi connectivity index (χ4v) is 3.20. The molecular weight excluding hydrogens is 242 g/mol. The molecule has 0 bridgehead atoms. The van der Waals surface area contributed by atoms with Crippen molar-refractivity contribution in [3.8, 4) is 0 Å². The van der Waals surface area contributed by atoms with Crippen molar-refractivity contribution in [3.63, 3.8) is 0 Å². The maximum atomic E-state index is 11.4. The minimum absolute atomic E-state index is 0.0102. The second-order valence-corrected chi connectivity index (χ2v) is 5.49. The van der Waals surface area contributed by atoms with Crippen LogP contribution in [0.3, 0.4) is 0 Å². The van der Waals surface area contributed by atoms with Crippen LogP contribution in [0.25, 0.3) is 0 Å². The third-order valence-electron chi connectivity index (χ3n) is 2.67. The Morgan fingerprint density at radius 3 is 2.53 bits per heavy atom. The summed E-state index contributed by atoms with van der Waals surface area (Å²) in [5.74, 6) is -1.21. The predicted octanol–water partition coefficient (Wildman–Crippen LogP) is 1.17. The first kappa shape index (κ1) is 14.0. The van der Waals surface area contributed by atoms with Gasteiger partial charge in [0.2, 0.25) is 5.91 Å². The molecule has 1 aliphatic carbocycles. The monoisotopic (exact) mass is 259 g/mol. The van der Waals surface area contributed by atoms with E-state index in [0.29, 0.717) is 0 Å². The number of rotatable bonds is 4. The summed E-state index contributed by atoms with van der Waals surface area (Å²) in [6.45, 7) is 1.45. The van der Waals surface area contributed by atoms with Crippen LogP contribution in [0.15, 0.2) is 0 Å². The lowest BCUT2D eigenvalue weighted by molar-refractivity contribution is -0.138. The van der Waals surface area contributed by atoms with Crippen LogP contribution in [0, 0.1) is 0 Å². The fourth-order valence-electron chi connectivity index (χ4n) is 2.00. The third kappa shape index (κ3) is 5.21. The lowest BCUT2D eigenvalue weighted by Crippen LogP contribution is -2.43. The standard InChI is InChI=1S/C11H17NO4S/c1-7(13)12-8-4-2-3-5-9(8)17-11(16)6-10(14)15/h8-9H,2-6H2,1H3,(H,12,13)(H,14,15). The van der Waals surface area contributed by atoms with E-state index in [4.69, 9.17) is 5.11 Å². The number of thioether (sulfide) groups is 1. The van der Waals surface area contributed by atoms with E-state index in [1.165, 1.54) is 6.92 Å². The average molecular weight is 259 g/mol. The van der Waals surface area contributed by atoms with E-state index in [2.05, 4.69) is 5.32 Å². The molecule has 0 aromatic heterocycles. The number of carbonyl (C=O) groups is 3. The van der Waals surface area contributed by atoms with Gasteiger partial charge in [-0.05, 0) is 12.8 Å². The first-order valence-electron chi connectivity index (χ1n) is 5.67. The Morgan fingerprint density at radius 2 is 1.94 bits per heavy atom. The highest BCUT2D eigenvalue weighted by molar-refractivity contribution is 8.14. The highest BCUT2D eigenvalue weighted by atomic mass is 32.2. The van der Waals surface area contributed by atoms with Gasteiger partial charge in [0, 0.05) is 18.2 Å². The molecule has 1 fully saturated rings. The number of hydrogen-bond acceptors (Lipinski definition) is 4. The Kier molecular flexibility index (Phi) is 5.47. The number of carbonyl (C=O) groups excluding carboxylic acids is 2. The summed E-state index contributed by atoms with van der Waals surface area (Å²) in [5, 5.41) is 11.0. The minimum Gasteiger partial charge on any atom is -0.481 e. The SMILES string of the molecule is CC(=O)NC1CCCCC1SC(=O)CC(=O)O. The lowest BCUT2D eigenvalue weighted by atomic mass is 9.95. The number of amides is 1. The van der Waals surface area contributed by atoms with Gasteiger partial charge in [0.05, 0.1) is 0 Å². The first-order chi connectivity index (χ1) is 7.99. The van der Waals surface area contributed by atoms with Crippen molar-refractivity contribution in [1.29, 1.82) is 0 Å². The molecule has 2 N–H and O–H groups in total. The molecule has 96 valence electrons. The predicted molar refractivity (Wildman–Crippen MR) is 64.7 cm³/mol. The zero-order valence-corrected chi connectivity index (χ0v) is 10.6. The van der Waals surface area contributed by atoms with E-state index < -0.39 is 12.4 Å². The highest BCUT2D eigenvalue weighted by Crippen LogP contribution is 2.29. The molecule has 5 nitrogen and oxygen atoms in total.